The number of anilines is 1. The standard InChI is InChI=1S/C24H21N5O4S/c1-10-8-16(33-15-4-3-7-28-11(15)2)29-9-13(10)24(27)12-5-6-14(25)20-17(12)18(19(26)22(24)30)21(34-20)23(31)32/h3-9,19H,25-27H2,1-2H3,(H,31,32). The van der Waals surface area contributed by atoms with Crippen LogP contribution in [-0.2, 0) is 10.3 Å². The third-order valence-electron chi connectivity index (χ3n) is 6.19. The Bertz CT molecular complexity index is 1520. The second-order valence-electron chi connectivity index (χ2n) is 8.23. The van der Waals surface area contributed by atoms with Crippen LogP contribution in [0.25, 0.3) is 10.1 Å². The van der Waals surface area contributed by atoms with E-state index in [9.17, 15) is 14.7 Å². The van der Waals surface area contributed by atoms with Crippen LogP contribution in [0.4, 0.5) is 5.69 Å². The summed E-state index contributed by atoms with van der Waals surface area (Å²) in [5, 5.41) is 10.2. The van der Waals surface area contributed by atoms with Crippen LogP contribution < -0.4 is 21.9 Å². The zero-order valence-corrected chi connectivity index (χ0v) is 19.1. The van der Waals surface area contributed by atoms with Crippen molar-refractivity contribution in [2.45, 2.75) is 25.4 Å². The lowest BCUT2D eigenvalue weighted by Crippen LogP contribution is -2.53. The van der Waals surface area contributed by atoms with Crippen molar-refractivity contribution in [3.05, 3.63) is 75.6 Å². The SMILES string of the molecule is Cc1cc(Oc2cccnc2C)ncc1C1(N)C(=O)C(N)c2c(C(=O)O)sc3c(N)ccc1c23. The first-order valence-electron chi connectivity index (χ1n) is 10.4. The summed E-state index contributed by atoms with van der Waals surface area (Å²) in [6.07, 6.45) is 3.17. The van der Waals surface area contributed by atoms with E-state index in [2.05, 4.69) is 9.97 Å². The quantitative estimate of drug-likeness (QED) is 0.324. The number of carbonyl (C=O) groups is 2. The fraction of sp³-hybridized carbons (Fsp3) is 0.167. The van der Waals surface area contributed by atoms with Gasteiger partial charge in [-0.2, -0.15) is 0 Å². The Labute approximate surface area is 198 Å². The van der Waals surface area contributed by atoms with E-state index in [1.807, 2.05) is 6.92 Å². The number of hydrogen-bond donors (Lipinski definition) is 4. The number of carbonyl (C=O) groups excluding carboxylic acids is 1. The zero-order chi connectivity index (χ0) is 24.4. The van der Waals surface area contributed by atoms with E-state index in [0.29, 0.717) is 49.8 Å². The van der Waals surface area contributed by atoms with Gasteiger partial charge in [-0.15, -0.1) is 11.3 Å². The molecule has 10 heteroatoms. The maximum Gasteiger partial charge on any atom is 0.346 e. The average Bonchev–Trinajstić information content (AvgIpc) is 3.21. The summed E-state index contributed by atoms with van der Waals surface area (Å²) in [5.41, 5.74) is 20.6. The van der Waals surface area contributed by atoms with Crippen molar-refractivity contribution in [1.29, 1.82) is 0 Å². The number of thiophene rings is 1. The molecule has 0 spiro atoms. The van der Waals surface area contributed by atoms with Gasteiger partial charge in [0.2, 0.25) is 5.88 Å². The molecule has 9 nitrogen and oxygen atoms in total. The predicted molar refractivity (Wildman–Crippen MR) is 128 cm³/mol. The Morgan fingerprint density at radius 2 is 1.97 bits per heavy atom. The number of aromatic nitrogens is 2. The summed E-state index contributed by atoms with van der Waals surface area (Å²) in [7, 11) is 0. The molecule has 7 N–H and O–H groups in total. The van der Waals surface area contributed by atoms with Gasteiger partial charge in [0.15, 0.2) is 11.5 Å². The Kier molecular flexibility index (Phi) is 4.90. The molecule has 2 unspecified atom stereocenters. The predicted octanol–water partition coefficient (Wildman–Crippen LogP) is 3.17. The second-order valence-corrected chi connectivity index (χ2v) is 9.25. The highest BCUT2D eigenvalue weighted by molar-refractivity contribution is 7.21. The number of ether oxygens (including phenoxy) is 1. The molecule has 0 amide bonds. The van der Waals surface area contributed by atoms with Gasteiger partial charge < -0.3 is 27.0 Å². The Morgan fingerprint density at radius 3 is 2.65 bits per heavy atom. The highest BCUT2D eigenvalue weighted by Crippen LogP contribution is 2.49. The van der Waals surface area contributed by atoms with E-state index in [1.165, 1.54) is 6.20 Å². The van der Waals surface area contributed by atoms with Crippen LogP contribution in [0.15, 0.2) is 42.7 Å². The zero-order valence-electron chi connectivity index (χ0n) is 18.3. The van der Waals surface area contributed by atoms with Crippen LogP contribution in [0, 0.1) is 13.8 Å². The molecule has 5 rings (SSSR count). The number of aromatic carboxylic acids is 1. The topological polar surface area (TPSA) is 167 Å². The maximum absolute atomic E-state index is 13.6. The summed E-state index contributed by atoms with van der Waals surface area (Å²) in [4.78, 5) is 34.1. The first-order valence-corrected chi connectivity index (χ1v) is 11.2. The molecule has 172 valence electrons. The van der Waals surface area contributed by atoms with Gasteiger partial charge in [0.1, 0.15) is 10.4 Å². The lowest BCUT2D eigenvalue weighted by atomic mass is 9.70. The molecular formula is C24H21N5O4S. The van der Waals surface area contributed by atoms with Gasteiger partial charge >= 0.3 is 5.97 Å². The number of pyridine rings is 2. The van der Waals surface area contributed by atoms with E-state index in [-0.39, 0.29) is 10.4 Å². The van der Waals surface area contributed by atoms with Crippen molar-refractivity contribution in [3.63, 3.8) is 0 Å². The van der Waals surface area contributed by atoms with Crippen molar-refractivity contribution in [3.8, 4) is 11.6 Å². The number of nitrogens with two attached hydrogens (primary N) is 3. The van der Waals surface area contributed by atoms with Gasteiger partial charge in [0.05, 0.1) is 16.4 Å². The van der Waals surface area contributed by atoms with Gasteiger partial charge in [-0.05, 0) is 43.2 Å². The van der Waals surface area contributed by atoms with Crippen LogP contribution in [0.3, 0.4) is 0 Å². The van der Waals surface area contributed by atoms with Crippen molar-refractivity contribution in [1.82, 2.24) is 9.97 Å². The van der Waals surface area contributed by atoms with E-state index >= 15 is 0 Å². The molecule has 0 saturated heterocycles. The molecule has 3 aromatic heterocycles. The van der Waals surface area contributed by atoms with E-state index < -0.39 is 23.3 Å². The number of nitrogen functional groups attached to an aromatic ring is 1. The molecule has 34 heavy (non-hydrogen) atoms. The largest absolute Gasteiger partial charge is 0.477 e. The number of carboxylic acids is 1. The normalized spacial score (nSPS) is 19.4. The number of aryl methyl sites for hydroxylation is 2. The fourth-order valence-corrected chi connectivity index (χ4v) is 5.65. The second kappa shape index (κ2) is 7.59. The van der Waals surface area contributed by atoms with Gasteiger partial charge in [0.25, 0.3) is 0 Å². The minimum atomic E-state index is -1.64. The number of nitrogens with zero attached hydrogens (tertiary/aromatic N) is 2. The summed E-state index contributed by atoms with van der Waals surface area (Å²) in [6.45, 7) is 3.62. The minimum absolute atomic E-state index is 0.0116. The number of benzene rings is 1. The van der Waals surface area contributed by atoms with Crippen LogP contribution in [0.5, 0.6) is 11.6 Å². The van der Waals surface area contributed by atoms with E-state index in [1.54, 1.807) is 43.5 Å². The van der Waals surface area contributed by atoms with Crippen LogP contribution in [0.2, 0.25) is 0 Å². The number of hydrogen-bond acceptors (Lipinski definition) is 9. The summed E-state index contributed by atoms with van der Waals surface area (Å²) < 4.78 is 6.41. The molecular weight excluding hydrogens is 454 g/mol. The first-order chi connectivity index (χ1) is 16.1. The molecule has 0 fully saturated rings. The fourth-order valence-electron chi connectivity index (χ4n) is 4.51. The summed E-state index contributed by atoms with van der Waals surface area (Å²) in [6, 6.07) is 7.29. The maximum atomic E-state index is 13.6. The van der Waals surface area contributed by atoms with Gasteiger partial charge in [0, 0.05) is 40.7 Å². The molecule has 1 aromatic carbocycles. The summed E-state index contributed by atoms with van der Waals surface area (Å²) >= 11 is 0.994. The molecule has 3 heterocycles. The third-order valence-corrected chi connectivity index (χ3v) is 7.43. The molecule has 2 atom stereocenters. The van der Waals surface area contributed by atoms with Crippen molar-refractivity contribution >= 4 is 38.9 Å². The summed E-state index contributed by atoms with van der Waals surface area (Å²) in [5.74, 6) is -0.807. The highest BCUT2D eigenvalue weighted by Gasteiger charge is 2.49. The Hall–Kier alpha value is -3.86. The molecule has 0 saturated carbocycles. The number of Topliss-reactive ketones (excluding diaryl/α,β-unsaturated/α-hetero) is 1. The molecule has 0 aliphatic heterocycles. The number of rotatable bonds is 4. The van der Waals surface area contributed by atoms with Crippen LogP contribution in [-0.4, -0.2) is 26.8 Å². The molecule has 0 radical (unpaired) electrons. The average molecular weight is 476 g/mol. The van der Waals surface area contributed by atoms with E-state index in [0.717, 1.165) is 11.3 Å². The monoisotopic (exact) mass is 475 g/mol. The number of ketones is 1. The smallest absolute Gasteiger partial charge is 0.346 e. The lowest BCUT2D eigenvalue weighted by Gasteiger charge is -2.37. The molecule has 4 aromatic rings. The van der Waals surface area contributed by atoms with Crippen molar-refractivity contribution in [2.24, 2.45) is 11.5 Å². The van der Waals surface area contributed by atoms with Crippen LogP contribution in [0.1, 0.15) is 43.7 Å². The lowest BCUT2D eigenvalue weighted by molar-refractivity contribution is -0.124. The Balaban J connectivity index is 1.69. The first kappa shape index (κ1) is 22.0. The van der Waals surface area contributed by atoms with Crippen molar-refractivity contribution in [2.75, 3.05) is 5.73 Å². The molecule has 0 bridgehead atoms. The van der Waals surface area contributed by atoms with Gasteiger partial charge in [-0.25, -0.2) is 9.78 Å². The van der Waals surface area contributed by atoms with Crippen molar-refractivity contribution < 1.29 is 19.4 Å². The minimum Gasteiger partial charge on any atom is -0.477 e. The third kappa shape index (κ3) is 3.00. The molecule has 1 aliphatic rings. The van der Waals surface area contributed by atoms with E-state index in [4.69, 9.17) is 21.9 Å². The number of carboxylic acid groups (broad SMARTS) is 1. The van der Waals surface area contributed by atoms with Gasteiger partial charge in [-0.3, -0.25) is 9.78 Å². The Morgan fingerprint density at radius 1 is 1.21 bits per heavy atom. The molecule has 1 aliphatic carbocycles. The van der Waals surface area contributed by atoms with Crippen LogP contribution >= 0.6 is 11.3 Å². The highest BCUT2D eigenvalue weighted by atomic mass is 32.1. The van der Waals surface area contributed by atoms with Gasteiger partial charge in [-0.1, -0.05) is 6.07 Å².